The standard InChI is InChI=1S/C22H21Cl2N5O2/c1-12-10-18(31-27-12)17-4-3-9-28(17)22(30)20-13(2)26-19-7-8-25-29(19)21(20)14-5-6-15(23)16(24)11-14/h5-8,10-11,17,20-21H,3-4,9H2,1-2H3/t17-,20?,21?/m0/s1. The molecule has 0 bridgehead atoms. The first-order valence-electron chi connectivity index (χ1n) is 10.2. The van der Waals surface area contributed by atoms with Crippen molar-refractivity contribution >= 4 is 40.6 Å². The normalized spacial score (nSPS) is 23.0. The number of rotatable bonds is 3. The number of amides is 1. The van der Waals surface area contributed by atoms with Gasteiger partial charge in [0.25, 0.3) is 0 Å². The quantitative estimate of drug-likeness (QED) is 0.543. The SMILES string of the molecule is CC1=Nc2ccnn2C(c2ccc(Cl)c(Cl)c2)C1C(=O)N1CCC[C@H]1c1cc(C)no1. The van der Waals surface area contributed by atoms with Gasteiger partial charge in [-0.1, -0.05) is 34.4 Å². The lowest BCUT2D eigenvalue weighted by Gasteiger charge is -2.35. The molecule has 0 aliphatic carbocycles. The molecular formula is C22H21Cl2N5O2. The molecule has 2 unspecified atom stereocenters. The van der Waals surface area contributed by atoms with Crippen molar-refractivity contribution in [3.8, 4) is 0 Å². The number of carbonyl (C=O) groups is 1. The molecule has 0 spiro atoms. The molecule has 1 fully saturated rings. The zero-order chi connectivity index (χ0) is 21.7. The maximum Gasteiger partial charge on any atom is 0.234 e. The molecule has 0 radical (unpaired) electrons. The molecule has 2 aliphatic heterocycles. The highest BCUT2D eigenvalue weighted by Crippen LogP contribution is 2.41. The van der Waals surface area contributed by atoms with E-state index in [9.17, 15) is 4.79 Å². The van der Waals surface area contributed by atoms with Crippen molar-refractivity contribution in [3.05, 3.63) is 63.6 Å². The number of hydrogen-bond acceptors (Lipinski definition) is 5. The molecule has 7 nitrogen and oxygen atoms in total. The summed E-state index contributed by atoms with van der Waals surface area (Å²) in [7, 11) is 0. The fourth-order valence-electron chi connectivity index (χ4n) is 4.62. The lowest BCUT2D eigenvalue weighted by atomic mass is 9.86. The highest BCUT2D eigenvalue weighted by Gasteiger charge is 2.43. The smallest absolute Gasteiger partial charge is 0.234 e. The number of benzene rings is 1. The van der Waals surface area contributed by atoms with Crippen molar-refractivity contribution in [1.29, 1.82) is 0 Å². The van der Waals surface area contributed by atoms with E-state index in [1.54, 1.807) is 23.0 Å². The zero-order valence-electron chi connectivity index (χ0n) is 17.1. The summed E-state index contributed by atoms with van der Waals surface area (Å²) in [4.78, 5) is 20.5. The Bertz CT molecular complexity index is 1180. The molecule has 31 heavy (non-hydrogen) atoms. The molecule has 0 saturated carbocycles. The molecule has 3 aromatic rings. The van der Waals surface area contributed by atoms with Crippen LogP contribution in [0.4, 0.5) is 5.82 Å². The number of halogens is 2. The number of nitrogens with zero attached hydrogens (tertiary/aromatic N) is 5. The van der Waals surface area contributed by atoms with Crippen LogP contribution in [0.25, 0.3) is 0 Å². The number of aliphatic imine (C=N–C) groups is 1. The number of hydrogen-bond donors (Lipinski definition) is 0. The van der Waals surface area contributed by atoms with E-state index in [-0.39, 0.29) is 18.0 Å². The van der Waals surface area contributed by atoms with Crippen LogP contribution in [0.15, 0.2) is 46.0 Å². The maximum absolute atomic E-state index is 14.0. The van der Waals surface area contributed by atoms with Crippen molar-refractivity contribution in [2.24, 2.45) is 10.9 Å². The summed E-state index contributed by atoms with van der Waals surface area (Å²) in [6.07, 6.45) is 3.44. The van der Waals surface area contributed by atoms with Crippen molar-refractivity contribution < 1.29 is 9.32 Å². The summed E-state index contributed by atoms with van der Waals surface area (Å²) in [5.74, 6) is 0.908. The second-order valence-corrected chi connectivity index (χ2v) is 8.86. The Kier molecular flexibility index (Phi) is 5.10. The van der Waals surface area contributed by atoms with Crippen LogP contribution in [-0.2, 0) is 4.79 Å². The molecule has 1 amide bonds. The van der Waals surface area contributed by atoms with E-state index in [1.165, 1.54) is 0 Å². The van der Waals surface area contributed by atoms with Crippen LogP contribution in [0.3, 0.4) is 0 Å². The second-order valence-electron chi connectivity index (χ2n) is 8.04. The fourth-order valence-corrected chi connectivity index (χ4v) is 4.93. The largest absolute Gasteiger partial charge is 0.359 e. The minimum atomic E-state index is -0.519. The Hall–Kier alpha value is -2.64. The minimum absolute atomic E-state index is 0.00461. The van der Waals surface area contributed by atoms with Crippen LogP contribution in [0.1, 0.15) is 48.9 Å². The van der Waals surface area contributed by atoms with E-state index in [2.05, 4.69) is 15.2 Å². The molecule has 160 valence electrons. The van der Waals surface area contributed by atoms with Gasteiger partial charge in [-0.3, -0.25) is 4.79 Å². The Labute approximate surface area is 189 Å². The summed E-state index contributed by atoms with van der Waals surface area (Å²) in [5, 5.41) is 9.39. The third-order valence-electron chi connectivity index (χ3n) is 6.03. The molecule has 1 saturated heterocycles. The maximum atomic E-state index is 14.0. The van der Waals surface area contributed by atoms with Crippen LogP contribution in [0.5, 0.6) is 0 Å². The Morgan fingerprint density at radius 1 is 1.16 bits per heavy atom. The first kappa shape index (κ1) is 20.3. The van der Waals surface area contributed by atoms with Gasteiger partial charge in [0.15, 0.2) is 11.6 Å². The van der Waals surface area contributed by atoms with Gasteiger partial charge < -0.3 is 9.42 Å². The molecule has 5 rings (SSSR count). The predicted molar refractivity (Wildman–Crippen MR) is 118 cm³/mol. The second kappa shape index (κ2) is 7.80. The van der Waals surface area contributed by atoms with Gasteiger partial charge in [-0.05, 0) is 44.4 Å². The minimum Gasteiger partial charge on any atom is -0.359 e. The molecule has 3 atom stereocenters. The molecule has 4 heterocycles. The number of fused-ring (bicyclic) bond motifs is 1. The topological polar surface area (TPSA) is 76.5 Å². The van der Waals surface area contributed by atoms with Crippen LogP contribution in [-0.4, -0.2) is 38.0 Å². The van der Waals surface area contributed by atoms with Crippen LogP contribution >= 0.6 is 23.2 Å². The van der Waals surface area contributed by atoms with Gasteiger partial charge in [-0.15, -0.1) is 0 Å². The van der Waals surface area contributed by atoms with E-state index >= 15 is 0 Å². The number of carbonyl (C=O) groups excluding carboxylic acids is 1. The van der Waals surface area contributed by atoms with Crippen LogP contribution < -0.4 is 0 Å². The molecule has 2 aliphatic rings. The highest BCUT2D eigenvalue weighted by atomic mass is 35.5. The van der Waals surface area contributed by atoms with Crippen LogP contribution in [0, 0.1) is 12.8 Å². The summed E-state index contributed by atoms with van der Waals surface area (Å²) in [5.41, 5.74) is 2.41. The molecule has 0 N–H and O–H groups in total. The molecular weight excluding hydrogens is 437 g/mol. The van der Waals surface area contributed by atoms with Crippen LogP contribution in [0.2, 0.25) is 10.0 Å². The molecule has 1 aromatic carbocycles. The summed E-state index contributed by atoms with van der Waals surface area (Å²) in [6.45, 7) is 4.44. The number of aryl methyl sites for hydroxylation is 1. The number of aromatic nitrogens is 3. The van der Waals surface area contributed by atoms with Gasteiger partial charge in [-0.25, -0.2) is 9.67 Å². The Morgan fingerprint density at radius 3 is 2.74 bits per heavy atom. The first-order chi connectivity index (χ1) is 14.9. The summed E-state index contributed by atoms with van der Waals surface area (Å²) in [6, 6.07) is 8.69. The zero-order valence-corrected chi connectivity index (χ0v) is 18.6. The third kappa shape index (κ3) is 3.46. The summed E-state index contributed by atoms with van der Waals surface area (Å²) >= 11 is 12.5. The first-order valence-corrected chi connectivity index (χ1v) is 11.0. The lowest BCUT2D eigenvalue weighted by Crippen LogP contribution is -2.44. The van der Waals surface area contributed by atoms with E-state index in [0.717, 1.165) is 35.6 Å². The number of likely N-dealkylation sites (tertiary alicyclic amines) is 1. The third-order valence-corrected chi connectivity index (χ3v) is 6.77. The predicted octanol–water partition coefficient (Wildman–Crippen LogP) is 5.16. The van der Waals surface area contributed by atoms with E-state index in [0.29, 0.717) is 22.4 Å². The van der Waals surface area contributed by atoms with E-state index < -0.39 is 5.92 Å². The average Bonchev–Trinajstić information content (AvgIpc) is 3.48. The average molecular weight is 458 g/mol. The van der Waals surface area contributed by atoms with Crippen molar-refractivity contribution in [1.82, 2.24) is 19.8 Å². The fraction of sp³-hybridized carbons (Fsp3) is 0.364. The monoisotopic (exact) mass is 457 g/mol. The van der Waals surface area contributed by atoms with Gasteiger partial charge in [0.1, 0.15) is 5.92 Å². The van der Waals surface area contributed by atoms with Gasteiger partial charge in [0.05, 0.1) is 34.0 Å². The molecule has 9 heteroatoms. The van der Waals surface area contributed by atoms with Gasteiger partial charge in [0.2, 0.25) is 5.91 Å². The molecule has 2 aromatic heterocycles. The lowest BCUT2D eigenvalue weighted by molar-refractivity contribution is -0.135. The van der Waals surface area contributed by atoms with Crippen molar-refractivity contribution in [2.75, 3.05) is 6.54 Å². The van der Waals surface area contributed by atoms with Crippen molar-refractivity contribution in [3.63, 3.8) is 0 Å². The summed E-state index contributed by atoms with van der Waals surface area (Å²) < 4.78 is 7.29. The highest BCUT2D eigenvalue weighted by molar-refractivity contribution is 6.42. The van der Waals surface area contributed by atoms with Gasteiger partial charge >= 0.3 is 0 Å². The van der Waals surface area contributed by atoms with Gasteiger partial charge in [0, 0.05) is 24.4 Å². The van der Waals surface area contributed by atoms with E-state index in [4.69, 9.17) is 27.7 Å². The van der Waals surface area contributed by atoms with E-state index in [1.807, 2.05) is 36.9 Å². The van der Waals surface area contributed by atoms with Gasteiger partial charge in [-0.2, -0.15) is 5.10 Å². The van der Waals surface area contributed by atoms with Crippen molar-refractivity contribution in [2.45, 2.75) is 38.8 Å². The Morgan fingerprint density at radius 2 is 2.00 bits per heavy atom. The Balaban J connectivity index is 1.57.